The van der Waals surface area contributed by atoms with E-state index >= 15 is 0 Å². The summed E-state index contributed by atoms with van der Waals surface area (Å²) in [5.74, 6) is 2.21. The number of amides is 1. The second-order valence-electron chi connectivity index (χ2n) is 6.07. The quantitative estimate of drug-likeness (QED) is 0.695. The smallest absolute Gasteiger partial charge is 0.289 e. The number of hydrogen-bond acceptors (Lipinski definition) is 7. The summed E-state index contributed by atoms with van der Waals surface area (Å²) < 4.78 is 16.0. The molecule has 26 heavy (non-hydrogen) atoms. The molecule has 0 radical (unpaired) electrons. The summed E-state index contributed by atoms with van der Waals surface area (Å²) >= 11 is 0. The van der Waals surface area contributed by atoms with Gasteiger partial charge in [0.2, 0.25) is 0 Å². The van der Waals surface area contributed by atoms with E-state index < -0.39 is 0 Å². The molecule has 4 heterocycles. The highest BCUT2D eigenvalue weighted by Gasteiger charge is 2.28. The Morgan fingerprint density at radius 2 is 2.15 bits per heavy atom. The fourth-order valence-corrected chi connectivity index (χ4v) is 2.97. The molecule has 0 aromatic carbocycles. The average molecular weight is 354 g/mol. The average Bonchev–Trinajstić information content (AvgIpc) is 3.39. The number of ether oxygens (including phenoxy) is 1. The van der Waals surface area contributed by atoms with Gasteiger partial charge in [-0.25, -0.2) is 0 Å². The van der Waals surface area contributed by atoms with Crippen molar-refractivity contribution in [3.8, 4) is 5.75 Å². The lowest BCUT2D eigenvalue weighted by atomic mass is 9.96. The Labute approximate surface area is 149 Å². The summed E-state index contributed by atoms with van der Waals surface area (Å²) in [6, 6.07) is 7.01. The van der Waals surface area contributed by atoms with Gasteiger partial charge in [-0.2, -0.15) is 4.98 Å². The first-order valence-electron chi connectivity index (χ1n) is 8.47. The summed E-state index contributed by atoms with van der Waals surface area (Å²) in [7, 11) is 0. The highest BCUT2D eigenvalue weighted by atomic mass is 16.5. The van der Waals surface area contributed by atoms with Crippen molar-refractivity contribution < 1.29 is 18.5 Å². The SMILES string of the molecule is O=C(c1ccco1)N1CCC(c2noc(COc3cccnc3)n2)CC1. The van der Waals surface area contributed by atoms with Gasteiger partial charge in [0.25, 0.3) is 11.8 Å². The number of pyridine rings is 1. The first-order chi connectivity index (χ1) is 12.8. The summed E-state index contributed by atoms with van der Waals surface area (Å²) in [5.41, 5.74) is 0. The Bertz CT molecular complexity index is 839. The summed E-state index contributed by atoms with van der Waals surface area (Å²) in [6.07, 6.45) is 6.39. The molecule has 0 bridgehead atoms. The minimum Gasteiger partial charge on any atom is -0.482 e. The minimum absolute atomic E-state index is 0.0767. The van der Waals surface area contributed by atoms with Crippen LogP contribution >= 0.6 is 0 Å². The molecule has 1 aliphatic heterocycles. The van der Waals surface area contributed by atoms with Gasteiger partial charge < -0.3 is 18.6 Å². The number of rotatable bonds is 5. The molecule has 1 amide bonds. The fraction of sp³-hybridized carbons (Fsp3) is 0.333. The number of carbonyl (C=O) groups is 1. The number of likely N-dealkylation sites (tertiary alicyclic amines) is 1. The zero-order valence-electron chi connectivity index (χ0n) is 14.1. The van der Waals surface area contributed by atoms with Crippen molar-refractivity contribution >= 4 is 5.91 Å². The molecule has 0 atom stereocenters. The van der Waals surface area contributed by atoms with Crippen LogP contribution in [0.25, 0.3) is 0 Å². The zero-order valence-corrected chi connectivity index (χ0v) is 14.1. The fourth-order valence-electron chi connectivity index (χ4n) is 2.97. The van der Waals surface area contributed by atoms with Crippen LogP contribution in [0.2, 0.25) is 0 Å². The summed E-state index contributed by atoms with van der Waals surface area (Å²) in [6.45, 7) is 1.48. The molecular weight excluding hydrogens is 336 g/mol. The number of piperidine rings is 1. The molecule has 0 spiro atoms. The monoisotopic (exact) mass is 354 g/mol. The molecule has 0 aliphatic carbocycles. The van der Waals surface area contributed by atoms with Gasteiger partial charge in [0, 0.05) is 25.2 Å². The molecule has 0 saturated carbocycles. The third-order valence-electron chi connectivity index (χ3n) is 4.36. The Kier molecular flexibility index (Phi) is 4.63. The Hall–Kier alpha value is -3.16. The highest BCUT2D eigenvalue weighted by molar-refractivity contribution is 5.91. The standard InChI is InChI=1S/C18H18N4O4/c23-18(15-4-2-10-24-15)22-8-5-13(6-9-22)17-20-16(26-21-17)12-25-14-3-1-7-19-11-14/h1-4,7,10-11,13H,5-6,8-9,12H2. The van der Waals surface area contributed by atoms with E-state index in [1.165, 1.54) is 6.26 Å². The van der Waals surface area contributed by atoms with Crippen molar-refractivity contribution in [2.75, 3.05) is 13.1 Å². The normalized spacial score (nSPS) is 15.2. The maximum absolute atomic E-state index is 12.3. The van der Waals surface area contributed by atoms with Crippen LogP contribution in [0.3, 0.4) is 0 Å². The van der Waals surface area contributed by atoms with E-state index in [0.717, 1.165) is 12.8 Å². The van der Waals surface area contributed by atoms with Crippen LogP contribution in [-0.4, -0.2) is 39.0 Å². The van der Waals surface area contributed by atoms with Crippen LogP contribution in [0.4, 0.5) is 0 Å². The number of carbonyl (C=O) groups excluding carboxylic acids is 1. The van der Waals surface area contributed by atoms with E-state index in [1.807, 2.05) is 6.07 Å². The molecule has 8 nitrogen and oxygen atoms in total. The second kappa shape index (κ2) is 7.38. The minimum atomic E-state index is -0.0767. The lowest BCUT2D eigenvalue weighted by Crippen LogP contribution is -2.37. The lowest BCUT2D eigenvalue weighted by Gasteiger charge is -2.29. The van der Waals surface area contributed by atoms with E-state index in [-0.39, 0.29) is 18.4 Å². The second-order valence-corrected chi connectivity index (χ2v) is 6.07. The van der Waals surface area contributed by atoms with E-state index in [1.54, 1.807) is 35.5 Å². The van der Waals surface area contributed by atoms with Crippen molar-refractivity contribution in [1.29, 1.82) is 0 Å². The van der Waals surface area contributed by atoms with Gasteiger partial charge in [0.05, 0.1) is 12.5 Å². The third-order valence-corrected chi connectivity index (χ3v) is 4.36. The topological polar surface area (TPSA) is 94.5 Å². The van der Waals surface area contributed by atoms with Crippen LogP contribution in [0.1, 0.15) is 41.0 Å². The number of hydrogen-bond donors (Lipinski definition) is 0. The molecule has 1 fully saturated rings. The maximum Gasteiger partial charge on any atom is 0.289 e. The maximum atomic E-state index is 12.3. The van der Waals surface area contributed by atoms with Gasteiger partial charge in [0.1, 0.15) is 5.75 Å². The predicted molar refractivity (Wildman–Crippen MR) is 89.5 cm³/mol. The van der Waals surface area contributed by atoms with Crippen LogP contribution in [0, 0.1) is 0 Å². The van der Waals surface area contributed by atoms with E-state index in [2.05, 4.69) is 15.1 Å². The molecule has 4 rings (SSSR count). The van der Waals surface area contributed by atoms with Gasteiger partial charge in [-0.15, -0.1) is 0 Å². The third kappa shape index (κ3) is 3.58. The lowest BCUT2D eigenvalue weighted by molar-refractivity contribution is 0.0678. The first kappa shape index (κ1) is 16.3. The van der Waals surface area contributed by atoms with Crippen molar-refractivity contribution in [3.63, 3.8) is 0 Å². The van der Waals surface area contributed by atoms with Crippen LogP contribution in [-0.2, 0) is 6.61 Å². The summed E-state index contributed by atoms with van der Waals surface area (Å²) in [4.78, 5) is 22.5. The Balaban J connectivity index is 1.31. The molecule has 3 aromatic rings. The Morgan fingerprint density at radius 1 is 1.27 bits per heavy atom. The van der Waals surface area contributed by atoms with Gasteiger partial charge in [-0.05, 0) is 37.1 Å². The van der Waals surface area contributed by atoms with E-state index in [0.29, 0.717) is 36.3 Å². The Morgan fingerprint density at radius 3 is 2.88 bits per heavy atom. The van der Waals surface area contributed by atoms with E-state index in [9.17, 15) is 4.79 Å². The summed E-state index contributed by atoms with van der Waals surface area (Å²) in [5, 5.41) is 4.07. The van der Waals surface area contributed by atoms with Gasteiger partial charge in [-0.3, -0.25) is 9.78 Å². The van der Waals surface area contributed by atoms with Crippen molar-refractivity contribution in [1.82, 2.24) is 20.0 Å². The largest absolute Gasteiger partial charge is 0.482 e. The molecule has 3 aromatic heterocycles. The highest BCUT2D eigenvalue weighted by Crippen LogP contribution is 2.27. The van der Waals surface area contributed by atoms with Crippen LogP contribution in [0.15, 0.2) is 51.9 Å². The predicted octanol–water partition coefficient (Wildman–Crippen LogP) is 2.66. The zero-order chi connectivity index (χ0) is 17.8. The number of aromatic nitrogens is 3. The molecular formula is C18H18N4O4. The van der Waals surface area contributed by atoms with Crippen molar-refractivity contribution in [2.24, 2.45) is 0 Å². The number of nitrogens with zero attached hydrogens (tertiary/aromatic N) is 4. The van der Waals surface area contributed by atoms with Crippen molar-refractivity contribution in [2.45, 2.75) is 25.4 Å². The van der Waals surface area contributed by atoms with E-state index in [4.69, 9.17) is 13.7 Å². The van der Waals surface area contributed by atoms with Crippen LogP contribution in [0.5, 0.6) is 5.75 Å². The van der Waals surface area contributed by atoms with Gasteiger partial charge >= 0.3 is 0 Å². The molecule has 134 valence electrons. The van der Waals surface area contributed by atoms with Gasteiger partial charge in [0.15, 0.2) is 18.2 Å². The molecule has 1 saturated heterocycles. The molecule has 0 unspecified atom stereocenters. The molecule has 8 heteroatoms. The molecule has 1 aliphatic rings. The number of furan rings is 1. The first-order valence-corrected chi connectivity index (χ1v) is 8.47. The van der Waals surface area contributed by atoms with Crippen molar-refractivity contribution in [3.05, 3.63) is 60.4 Å². The van der Waals surface area contributed by atoms with Crippen LogP contribution < -0.4 is 4.74 Å². The molecule has 0 N–H and O–H groups in total. The van der Waals surface area contributed by atoms with Gasteiger partial charge in [-0.1, -0.05) is 5.16 Å².